The first-order valence-corrected chi connectivity index (χ1v) is 11.5. The molecule has 1 aliphatic heterocycles. The lowest BCUT2D eigenvalue weighted by molar-refractivity contribution is -0.0178. The molecule has 3 aromatic heterocycles. The molecule has 6 rings (SSSR count). The minimum atomic E-state index is -0.792. The molecule has 1 aliphatic carbocycles. The van der Waals surface area contributed by atoms with Crippen LogP contribution in [-0.4, -0.2) is 48.5 Å². The Morgan fingerprint density at radius 1 is 1.11 bits per heavy atom. The molecule has 4 aromatic rings. The molecular weight excluding hydrogens is 456 g/mol. The zero-order valence-corrected chi connectivity index (χ0v) is 19.2. The summed E-state index contributed by atoms with van der Waals surface area (Å²) in [7, 11) is 1.57. The van der Waals surface area contributed by atoms with Gasteiger partial charge in [0, 0.05) is 37.0 Å². The first-order valence-electron chi connectivity index (χ1n) is 11.5. The number of aryl methyl sites for hydroxylation is 1. The van der Waals surface area contributed by atoms with Crippen LogP contribution in [0.5, 0.6) is 0 Å². The molecule has 1 saturated carbocycles. The predicted octanol–water partition coefficient (Wildman–Crippen LogP) is 3.17. The van der Waals surface area contributed by atoms with Crippen molar-refractivity contribution in [3.05, 3.63) is 64.5 Å². The number of anilines is 1. The summed E-state index contributed by atoms with van der Waals surface area (Å²) in [5, 5.41) is 4.47. The summed E-state index contributed by atoms with van der Waals surface area (Å²) < 4.78 is 37.8. The lowest BCUT2D eigenvalue weighted by Gasteiger charge is -2.36. The molecule has 2 atom stereocenters. The molecule has 9 nitrogen and oxygen atoms in total. The van der Waals surface area contributed by atoms with Gasteiger partial charge < -0.3 is 14.2 Å². The fourth-order valence-electron chi connectivity index (χ4n) is 4.45. The van der Waals surface area contributed by atoms with E-state index in [9.17, 15) is 13.6 Å². The lowest BCUT2D eigenvalue weighted by Crippen LogP contribution is -2.43. The highest BCUT2D eigenvalue weighted by Crippen LogP contribution is 2.36. The summed E-state index contributed by atoms with van der Waals surface area (Å²) >= 11 is 0. The van der Waals surface area contributed by atoms with Crippen molar-refractivity contribution in [1.82, 2.24) is 29.3 Å². The molecule has 0 N–H and O–H groups in total. The van der Waals surface area contributed by atoms with E-state index in [1.807, 2.05) is 28.9 Å². The SMILES string of the molecule is C[C@@H]1CN(c2nc(-c3ccc(F)cc3F)c3ncn(C)c(=O)c3n2)C[C@H](c2cnn(C3CC3)c2)O1. The van der Waals surface area contributed by atoms with Crippen molar-refractivity contribution in [2.75, 3.05) is 18.0 Å². The third-order valence-electron chi connectivity index (χ3n) is 6.40. The number of aromatic nitrogens is 6. The summed E-state index contributed by atoms with van der Waals surface area (Å²) in [6, 6.07) is 3.69. The van der Waals surface area contributed by atoms with Crippen LogP contribution in [0.1, 0.15) is 37.5 Å². The minimum absolute atomic E-state index is 0.0457. The third kappa shape index (κ3) is 3.95. The van der Waals surface area contributed by atoms with Crippen molar-refractivity contribution >= 4 is 17.0 Å². The van der Waals surface area contributed by atoms with E-state index in [1.54, 1.807) is 7.05 Å². The molecule has 0 spiro atoms. The highest BCUT2D eigenvalue weighted by molar-refractivity contribution is 5.89. The van der Waals surface area contributed by atoms with Gasteiger partial charge in [0.1, 0.15) is 28.9 Å². The Labute approximate surface area is 199 Å². The summed E-state index contributed by atoms with van der Waals surface area (Å²) in [5.74, 6) is -1.24. The van der Waals surface area contributed by atoms with Crippen molar-refractivity contribution in [3.63, 3.8) is 0 Å². The van der Waals surface area contributed by atoms with E-state index in [0.29, 0.717) is 19.1 Å². The number of hydrogen-bond donors (Lipinski definition) is 0. The second kappa shape index (κ2) is 8.19. The number of fused-ring (bicyclic) bond motifs is 1. The second-order valence-electron chi connectivity index (χ2n) is 9.18. The minimum Gasteiger partial charge on any atom is -0.367 e. The molecule has 0 amide bonds. The summed E-state index contributed by atoms with van der Waals surface area (Å²) in [5.41, 5.74) is 0.978. The van der Waals surface area contributed by atoms with Crippen LogP contribution in [0.25, 0.3) is 22.3 Å². The number of benzene rings is 1. The average Bonchev–Trinajstić information content (AvgIpc) is 3.57. The van der Waals surface area contributed by atoms with Gasteiger partial charge in [0.15, 0.2) is 5.52 Å². The van der Waals surface area contributed by atoms with Crippen LogP contribution < -0.4 is 10.5 Å². The van der Waals surface area contributed by atoms with Crippen molar-refractivity contribution in [1.29, 1.82) is 0 Å². The molecule has 2 fully saturated rings. The number of rotatable bonds is 4. The Hall–Kier alpha value is -3.73. The third-order valence-corrected chi connectivity index (χ3v) is 6.40. The largest absolute Gasteiger partial charge is 0.367 e. The molecule has 4 heterocycles. The molecule has 35 heavy (non-hydrogen) atoms. The van der Waals surface area contributed by atoms with Gasteiger partial charge in [0.25, 0.3) is 5.56 Å². The normalized spacial score (nSPS) is 20.5. The highest BCUT2D eigenvalue weighted by Gasteiger charge is 2.32. The molecule has 180 valence electrons. The van der Waals surface area contributed by atoms with Crippen LogP contribution in [0.15, 0.2) is 41.7 Å². The predicted molar refractivity (Wildman–Crippen MR) is 124 cm³/mol. The number of halogens is 2. The van der Waals surface area contributed by atoms with E-state index >= 15 is 0 Å². The maximum Gasteiger partial charge on any atom is 0.279 e. The van der Waals surface area contributed by atoms with Crippen LogP contribution in [0, 0.1) is 11.6 Å². The van der Waals surface area contributed by atoms with E-state index in [1.165, 1.54) is 17.0 Å². The van der Waals surface area contributed by atoms with Gasteiger partial charge in [0.05, 0.1) is 31.2 Å². The summed E-state index contributed by atoms with van der Waals surface area (Å²) in [4.78, 5) is 28.3. The fraction of sp³-hybridized carbons (Fsp3) is 0.375. The molecule has 1 saturated heterocycles. The standard InChI is InChI=1S/C24H23F2N7O2/c1-13-9-32(11-19(35-13)14-8-28-33(10-14)16-4-5-16)24-29-20(17-6-3-15(25)7-18(17)26)21-22(30-24)23(34)31(2)12-27-21/h3,6-8,10,12-13,16,19H,4-5,9,11H2,1-2H3/t13-,19-/m1/s1. The molecule has 1 aromatic carbocycles. The summed E-state index contributed by atoms with van der Waals surface area (Å²) in [6.45, 7) is 2.86. The van der Waals surface area contributed by atoms with Gasteiger partial charge in [-0.05, 0) is 31.9 Å². The van der Waals surface area contributed by atoms with E-state index in [-0.39, 0.29) is 46.0 Å². The van der Waals surface area contributed by atoms with Crippen LogP contribution in [-0.2, 0) is 11.8 Å². The highest BCUT2D eigenvalue weighted by atomic mass is 19.1. The number of ether oxygens (including phenoxy) is 1. The Kier molecular flexibility index (Phi) is 5.10. The van der Waals surface area contributed by atoms with Crippen LogP contribution in [0.3, 0.4) is 0 Å². The number of hydrogen-bond acceptors (Lipinski definition) is 7. The smallest absolute Gasteiger partial charge is 0.279 e. The van der Waals surface area contributed by atoms with E-state index < -0.39 is 11.6 Å². The zero-order chi connectivity index (χ0) is 24.3. The summed E-state index contributed by atoms with van der Waals surface area (Å²) in [6.07, 6.45) is 7.01. The number of morpholine rings is 1. The van der Waals surface area contributed by atoms with E-state index in [2.05, 4.69) is 20.1 Å². The maximum atomic E-state index is 14.8. The van der Waals surface area contributed by atoms with Crippen LogP contribution in [0.2, 0.25) is 0 Å². The van der Waals surface area contributed by atoms with Gasteiger partial charge in [-0.25, -0.2) is 23.7 Å². The van der Waals surface area contributed by atoms with E-state index in [4.69, 9.17) is 4.74 Å². The Morgan fingerprint density at radius 2 is 1.94 bits per heavy atom. The molecule has 2 aliphatic rings. The molecule has 11 heteroatoms. The van der Waals surface area contributed by atoms with Gasteiger partial charge in [-0.3, -0.25) is 9.48 Å². The van der Waals surface area contributed by atoms with Crippen molar-refractivity contribution in [3.8, 4) is 11.3 Å². The quantitative estimate of drug-likeness (QED) is 0.444. The maximum absolute atomic E-state index is 14.8. The van der Waals surface area contributed by atoms with Crippen LogP contribution in [0.4, 0.5) is 14.7 Å². The van der Waals surface area contributed by atoms with Gasteiger partial charge in [-0.15, -0.1) is 0 Å². The lowest BCUT2D eigenvalue weighted by atomic mass is 10.1. The van der Waals surface area contributed by atoms with Crippen molar-refractivity contribution in [2.45, 2.75) is 38.0 Å². The average molecular weight is 479 g/mol. The Balaban J connectivity index is 1.45. The molecule has 0 radical (unpaired) electrons. The van der Waals surface area contributed by atoms with Gasteiger partial charge in [-0.2, -0.15) is 5.10 Å². The molecule has 0 unspecified atom stereocenters. The molecular formula is C24H23F2N7O2. The van der Waals surface area contributed by atoms with Gasteiger partial charge in [-0.1, -0.05) is 0 Å². The Morgan fingerprint density at radius 3 is 2.71 bits per heavy atom. The monoisotopic (exact) mass is 479 g/mol. The molecule has 0 bridgehead atoms. The Bertz CT molecular complexity index is 1500. The van der Waals surface area contributed by atoms with Gasteiger partial charge >= 0.3 is 0 Å². The van der Waals surface area contributed by atoms with Crippen molar-refractivity contribution < 1.29 is 13.5 Å². The van der Waals surface area contributed by atoms with Crippen LogP contribution >= 0.6 is 0 Å². The fourth-order valence-corrected chi connectivity index (χ4v) is 4.45. The topological polar surface area (TPSA) is 91.0 Å². The first-order chi connectivity index (χ1) is 16.9. The first kappa shape index (κ1) is 21.8. The van der Waals surface area contributed by atoms with E-state index in [0.717, 1.165) is 30.5 Å². The second-order valence-corrected chi connectivity index (χ2v) is 9.18. The zero-order valence-electron chi connectivity index (χ0n) is 19.2. The van der Waals surface area contributed by atoms with Crippen molar-refractivity contribution in [2.24, 2.45) is 7.05 Å². The number of nitrogens with zero attached hydrogens (tertiary/aromatic N) is 7. The van der Waals surface area contributed by atoms with Gasteiger partial charge in [0.2, 0.25) is 5.95 Å².